The lowest BCUT2D eigenvalue weighted by molar-refractivity contribution is 0.0957. The highest BCUT2D eigenvalue weighted by Crippen LogP contribution is 2.24. The van der Waals surface area contributed by atoms with Gasteiger partial charge in [-0.05, 0) is 19.1 Å². The van der Waals surface area contributed by atoms with E-state index in [4.69, 9.17) is 0 Å². The third kappa shape index (κ3) is 4.63. The topological polar surface area (TPSA) is 66.9 Å². The van der Waals surface area contributed by atoms with E-state index in [9.17, 15) is 4.79 Å². The smallest absolute Gasteiger partial charge is 0.253 e. The molecule has 2 aromatic rings. The second kappa shape index (κ2) is 7.87. The molecule has 0 bridgehead atoms. The van der Waals surface area contributed by atoms with Crippen LogP contribution in [0.5, 0.6) is 0 Å². The molecule has 0 aliphatic carbocycles. The molecule has 0 aromatic carbocycles. The highest BCUT2D eigenvalue weighted by molar-refractivity contribution is 7.09. The molecule has 0 saturated carbocycles. The Morgan fingerprint density at radius 1 is 1.39 bits per heavy atom. The van der Waals surface area contributed by atoms with Crippen LogP contribution in [0.4, 0.5) is 5.82 Å². The number of rotatable bonds is 7. The van der Waals surface area contributed by atoms with Gasteiger partial charge in [-0.15, -0.1) is 17.9 Å². The fourth-order valence-electron chi connectivity index (χ4n) is 1.94. The maximum absolute atomic E-state index is 11.8. The van der Waals surface area contributed by atoms with E-state index in [1.165, 1.54) is 0 Å². The average Bonchev–Trinajstić information content (AvgIpc) is 3.03. The van der Waals surface area contributed by atoms with Crippen LogP contribution in [0, 0.1) is 0 Å². The van der Waals surface area contributed by atoms with Crippen LogP contribution < -0.4 is 10.6 Å². The first-order chi connectivity index (χ1) is 11.0. The SMILES string of the molecule is C=CCNC(=O)c1ccc(NC(C)c2csc(C(C)C)n2)nc1. The van der Waals surface area contributed by atoms with Crippen LogP contribution in [0.15, 0.2) is 36.4 Å². The second-order valence-electron chi connectivity index (χ2n) is 5.56. The van der Waals surface area contributed by atoms with E-state index in [1.807, 2.05) is 6.92 Å². The average molecular weight is 330 g/mol. The molecule has 2 heterocycles. The van der Waals surface area contributed by atoms with Crippen molar-refractivity contribution < 1.29 is 4.79 Å². The monoisotopic (exact) mass is 330 g/mol. The molecule has 23 heavy (non-hydrogen) atoms. The maximum Gasteiger partial charge on any atom is 0.253 e. The molecule has 0 radical (unpaired) electrons. The molecule has 2 rings (SSSR count). The van der Waals surface area contributed by atoms with Crippen molar-refractivity contribution in [2.24, 2.45) is 0 Å². The number of nitrogens with zero attached hydrogens (tertiary/aromatic N) is 2. The number of thiazole rings is 1. The summed E-state index contributed by atoms with van der Waals surface area (Å²) >= 11 is 1.68. The number of pyridine rings is 1. The summed E-state index contributed by atoms with van der Waals surface area (Å²) in [4.78, 5) is 20.7. The normalized spacial score (nSPS) is 12.0. The van der Waals surface area contributed by atoms with Gasteiger partial charge in [0.05, 0.1) is 22.3 Å². The van der Waals surface area contributed by atoms with E-state index in [-0.39, 0.29) is 11.9 Å². The molecule has 0 fully saturated rings. The molecule has 0 aliphatic heterocycles. The van der Waals surface area contributed by atoms with E-state index in [1.54, 1.807) is 35.7 Å². The minimum atomic E-state index is -0.155. The van der Waals surface area contributed by atoms with Gasteiger partial charge in [0.1, 0.15) is 5.82 Å². The summed E-state index contributed by atoms with van der Waals surface area (Å²) < 4.78 is 0. The summed E-state index contributed by atoms with van der Waals surface area (Å²) in [6.07, 6.45) is 3.20. The Morgan fingerprint density at radius 3 is 2.74 bits per heavy atom. The summed E-state index contributed by atoms with van der Waals surface area (Å²) in [5, 5.41) is 9.24. The van der Waals surface area contributed by atoms with Crippen molar-refractivity contribution in [2.45, 2.75) is 32.7 Å². The number of anilines is 1. The van der Waals surface area contributed by atoms with E-state index >= 15 is 0 Å². The van der Waals surface area contributed by atoms with E-state index in [0.717, 1.165) is 16.5 Å². The van der Waals surface area contributed by atoms with E-state index < -0.39 is 0 Å². The summed E-state index contributed by atoms with van der Waals surface area (Å²) in [5.74, 6) is 1.00. The molecule has 122 valence electrons. The Balaban J connectivity index is 1.99. The van der Waals surface area contributed by atoms with Gasteiger partial charge in [0.25, 0.3) is 5.91 Å². The molecule has 1 amide bonds. The quantitative estimate of drug-likeness (QED) is 0.759. The number of aromatic nitrogens is 2. The minimum absolute atomic E-state index is 0.0618. The molecular weight excluding hydrogens is 308 g/mol. The van der Waals surface area contributed by atoms with Gasteiger partial charge in [0.2, 0.25) is 0 Å². The lowest BCUT2D eigenvalue weighted by Crippen LogP contribution is -2.23. The summed E-state index contributed by atoms with van der Waals surface area (Å²) in [6.45, 7) is 10.3. The zero-order valence-electron chi connectivity index (χ0n) is 13.7. The van der Waals surface area contributed by atoms with Crippen molar-refractivity contribution in [1.82, 2.24) is 15.3 Å². The third-order valence-corrected chi connectivity index (χ3v) is 4.44. The largest absolute Gasteiger partial charge is 0.362 e. The van der Waals surface area contributed by atoms with Crippen molar-refractivity contribution >= 4 is 23.1 Å². The molecule has 5 nitrogen and oxygen atoms in total. The molecule has 1 atom stereocenters. The Kier molecular flexibility index (Phi) is 5.87. The van der Waals surface area contributed by atoms with Crippen LogP contribution in [0.1, 0.15) is 53.8 Å². The van der Waals surface area contributed by atoms with Crippen LogP contribution in [0.3, 0.4) is 0 Å². The molecule has 0 saturated heterocycles. The Morgan fingerprint density at radius 2 is 2.17 bits per heavy atom. The number of amides is 1. The zero-order chi connectivity index (χ0) is 16.8. The number of nitrogens with one attached hydrogen (secondary N) is 2. The van der Waals surface area contributed by atoms with Gasteiger partial charge in [-0.2, -0.15) is 0 Å². The van der Waals surface area contributed by atoms with Gasteiger partial charge < -0.3 is 10.6 Å². The summed E-state index contributed by atoms with van der Waals surface area (Å²) in [6, 6.07) is 3.61. The van der Waals surface area contributed by atoms with E-state index in [2.05, 4.69) is 46.4 Å². The van der Waals surface area contributed by atoms with Gasteiger partial charge in [-0.3, -0.25) is 4.79 Å². The van der Waals surface area contributed by atoms with Crippen molar-refractivity contribution in [3.8, 4) is 0 Å². The number of hydrogen-bond acceptors (Lipinski definition) is 5. The van der Waals surface area contributed by atoms with Crippen molar-refractivity contribution in [3.05, 3.63) is 52.6 Å². The van der Waals surface area contributed by atoms with Crippen molar-refractivity contribution in [3.63, 3.8) is 0 Å². The fourth-order valence-corrected chi connectivity index (χ4v) is 2.87. The predicted octanol–water partition coefficient (Wildman–Crippen LogP) is 3.75. The van der Waals surface area contributed by atoms with Crippen LogP contribution in [-0.4, -0.2) is 22.4 Å². The third-order valence-electron chi connectivity index (χ3n) is 3.27. The highest BCUT2D eigenvalue weighted by Gasteiger charge is 2.12. The van der Waals surface area contributed by atoms with Crippen LogP contribution in [0.2, 0.25) is 0 Å². The van der Waals surface area contributed by atoms with Gasteiger partial charge in [0.15, 0.2) is 0 Å². The fraction of sp³-hybridized carbons (Fsp3) is 0.353. The molecule has 6 heteroatoms. The van der Waals surface area contributed by atoms with E-state index in [0.29, 0.717) is 18.0 Å². The Labute approximate surface area is 140 Å². The van der Waals surface area contributed by atoms with Crippen molar-refractivity contribution in [2.75, 3.05) is 11.9 Å². The Hall–Kier alpha value is -2.21. The zero-order valence-corrected chi connectivity index (χ0v) is 14.5. The number of hydrogen-bond donors (Lipinski definition) is 2. The van der Waals surface area contributed by atoms with Crippen LogP contribution in [-0.2, 0) is 0 Å². The second-order valence-corrected chi connectivity index (χ2v) is 6.45. The molecule has 0 spiro atoms. The first kappa shape index (κ1) is 17.1. The van der Waals surface area contributed by atoms with Gasteiger partial charge in [-0.1, -0.05) is 19.9 Å². The summed E-state index contributed by atoms with van der Waals surface area (Å²) in [7, 11) is 0. The Bertz CT molecular complexity index is 663. The summed E-state index contributed by atoms with van der Waals surface area (Å²) in [5.41, 5.74) is 1.54. The molecule has 1 unspecified atom stereocenters. The molecular formula is C17H22N4OS. The van der Waals surface area contributed by atoms with Crippen LogP contribution in [0.25, 0.3) is 0 Å². The first-order valence-corrected chi connectivity index (χ1v) is 8.46. The van der Waals surface area contributed by atoms with Crippen molar-refractivity contribution in [1.29, 1.82) is 0 Å². The lowest BCUT2D eigenvalue weighted by atomic mass is 10.2. The highest BCUT2D eigenvalue weighted by atomic mass is 32.1. The maximum atomic E-state index is 11.8. The standard InChI is InChI=1S/C17H22N4OS/c1-5-8-18-16(22)13-6-7-15(19-9-13)20-12(4)14-10-23-17(21-14)11(2)3/h5-7,9-12H,1,8H2,2-4H3,(H,18,22)(H,19,20). The molecule has 2 aromatic heterocycles. The minimum Gasteiger partial charge on any atom is -0.362 e. The number of carbonyl (C=O) groups is 1. The first-order valence-electron chi connectivity index (χ1n) is 7.58. The van der Waals surface area contributed by atoms with Gasteiger partial charge >= 0.3 is 0 Å². The molecule has 2 N–H and O–H groups in total. The van der Waals surface area contributed by atoms with Gasteiger partial charge in [0, 0.05) is 24.0 Å². The predicted molar refractivity (Wildman–Crippen MR) is 95.0 cm³/mol. The molecule has 0 aliphatic rings. The van der Waals surface area contributed by atoms with Gasteiger partial charge in [-0.25, -0.2) is 9.97 Å². The lowest BCUT2D eigenvalue weighted by Gasteiger charge is -2.12. The van der Waals surface area contributed by atoms with Crippen LogP contribution >= 0.6 is 11.3 Å². The number of carbonyl (C=O) groups excluding carboxylic acids is 1.